The molecule has 0 aliphatic carbocycles. The number of H-pyrrole nitrogens is 1. The average molecular weight is 261 g/mol. The molecule has 1 heterocycles. The second-order valence-electron chi connectivity index (χ2n) is 4.32. The second kappa shape index (κ2) is 5.90. The lowest BCUT2D eigenvalue weighted by molar-refractivity contribution is 0.0503. The van der Waals surface area contributed by atoms with Crippen LogP contribution in [-0.2, 0) is 4.74 Å². The number of aromatic nitrogens is 1. The van der Waals surface area contributed by atoms with Gasteiger partial charge in [-0.2, -0.15) is 0 Å². The van der Waals surface area contributed by atoms with Gasteiger partial charge >= 0.3 is 13.1 Å². The van der Waals surface area contributed by atoms with E-state index in [-0.39, 0.29) is 11.2 Å². The zero-order chi connectivity index (χ0) is 13.8. The lowest BCUT2D eigenvalue weighted by Crippen LogP contribution is -2.35. The van der Waals surface area contributed by atoms with Crippen molar-refractivity contribution in [3.05, 3.63) is 29.8 Å². The molecule has 1 aromatic heterocycles. The molecular weight excluding hydrogens is 245 g/mol. The smallest absolute Gasteiger partial charge is 0.462 e. The minimum atomic E-state index is -1.74. The third kappa shape index (κ3) is 2.80. The van der Waals surface area contributed by atoms with Crippen molar-refractivity contribution in [2.75, 3.05) is 6.61 Å². The van der Waals surface area contributed by atoms with Gasteiger partial charge < -0.3 is 19.8 Å². The second-order valence-corrected chi connectivity index (χ2v) is 4.32. The average Bonchev–Trinajstić information content (AvgIpc) is 2.78. The number of fused-ring (bicyclic) bond motifs is 1. The number of nitrogens with one attached hydrogen (secondary N) is 1. The van der Waals surface area contributed by atoms with Crippen LogP contribution in [0.25, 0.3) is 10.9 Å². The fourth-order valence-corrected chi connectivity index (χ4v) is 1.96. The van der Waals surface area contributed by atoms with Crippen LogP contribution in [0.15, 0.2) is 24.3 Å². The topological polar surface area (TPSA) is 82.6 Å². The summed E-state index contributed by atoms with van der Waals surface area (Å²) in [5, 5.41) is 19.3. The van der Waals surface area contributed by atoms with Gasteiger partial charge in [0.2, 0.25) is 0 Å². The van der Waals surface area contributed by atoms with Crippen molar-refractivity contribution in [2.24, 2.45) is 0 Å². The van der Waals surface area contributed by atoms with Crippen LogP contribution in [0.1, 0.15) is 30.1 Å². The first-order chi connectivity index (χ1) is 9.15. The van der Waals surface area contributed by atoms with Gasteiger partial charge in [-0.15, -0.1) is 0 Å². The summed E-state index contributed by atoms with van der Waals surface area (Å²) in [5.41, 5.74) is 0.942. The Hall–Kier alpha value is -1.79. The Bertz CT molecular complexity index is 579. The van der Waals surface area contributed by atoms with E-state index >= 15 is 0 Å². The van der Waals surface area contributed by atoms with Crippen LogP contribution in [0.5, 0.6) is 0 Å². The fourth-order valence-electron chi connectivity index (χ4n) is 1.96. The SMILES string of the molecule is CCCCOC(=O)c1c(B(O)O)[nH]c2ccccc12. The maximum Gasteiger partial charge on any atom is 0.506 e. The third-order valence-corrected chi connectivity index (χ3v) is 2.93. The van der Waals surface area contributed by atoms with Gasteiger partial charge in [0.15, 0.2) is 0 Å². The van der Waals surface area contributed by atoms with Crippen LogP contribution in [-0.4, -0.2) is 34.7 Å². The van der Waals surface area contributed by atoms with E-state index in [0.29, 0.717) is 17.5 Å². The molecule has 3 N–H and O–H groups in total. The summed E-state index contributed by atoms with van der Waals surface area (Å²) in [7, 11) is -1.74. The summed E-state index contributed by atoms with van der Waals surface area (Å²) in [6.45, 7) is 2.33. The molecule has 5 nitrogen and oxygen atoms in total. The highest BCUT2D eigenvalue weighted by Crippen LogP contribution is 2.17. The number of esters is 1. The maximum absolute atomic E-state index is 12.1. The summed E-state index contributed by atoms with van der Waals surface area (Å²) >= 11 is 0. The number of carbonyl (C=O) groups is 1. The molecule has 0 radical (unpaired) electrons. The fraction of sp³-hybridized carbons (Fsp3) is 0.308. The molecule has 0 saturated heterocycles. The van der Waals surface area contributed by atoms with Gasteiger partial charge in [-0.3, -0.25) is 0 Å². The largest absolute Gasteiger partial charge is 0.506 e. The first-order valence-corrected chi connectivity index (χ1v) is 6.29. The van der Waals surface area contributed by atoms with E-state index in [1.165, 1.54) is 0 Å². The molecule has 19 heavy (non-hydrogen) atoms. The highest BCUT2D eigenvalue weighted by atomic mass is 16.5. The van der Waals surface area contributed by atoms with Crippen LogP contribution in [0.2, 0.25) is 0 Å². The Labute approximate surface area is 111 Å². The van der Waals surface area contributed by atoms with Crippen molar-refractivity contribution in [1.29, 1.82) is 0 Å². The van der Waals surface area contributed by atoms with Gasteiger partial charge in [0.05, 0.1) is 17.8 Å². The van der Waals surface area contributed by atoms with Crippen molar-refractivity contribution >= 4 is 29.6 Å². The molecule has 0 spiro atoms. The molecule has 0 amide bonds. The number of hydrogen-bond acceptors (Lipinski definition) is 4. The van der Waals surface area contributed by atoms with Crippen LogP contribution >= 0.6 is 0 Å². The molecule has 2 aromatic rings. The van der Waals surface area contributed by atoms with E-state index in [0.717, 1.165) is 12.8 Å². The highest BCUT2D eigenvalue weighted by Gasteiger charge is 2.26. The quantitative estimate of drug-likeness (QED) is 0.422. The van der Waals surface area contributed by atoms with Crippen LogP contribution in [0, 0.1) is 0 Å². The number of carbonyl (C=O) groups excluding carboxylic acids is 1. The number of rotatable bonds is 5. The first kappa shape index (κ1) is 13.6. The first-order valence-electron chi connectivity index (χ1n) is 6.29. The Balaban J connectivity index is 2.38. The van der Waals surface area contributed by atoms with Gasteiger partial charge in [-0.1, -0.05) is 31.5 Å². The molecular formula is C13H16BNO4. The predicted molar refractivity (Wildman–Crippen MR) is 73.3 cm³/mol. The van der Waals surface area contributed by atoms with Crippen LogP contribution in [0.4, 0.5) is 0 Å². The van der Waals surface area contributed by atoms with Gasteiger partial charge in [0.25, 0.3) is 0 Å². The number of benzene rings is 1. The number of hydrogen-bond donors (Lipinski definition) is 3. The standard InChI is InChI=1S/C13H16BNO4/c1-2-3-8-19-13(16)11-9-6-4-5-7-10(9)15-12(11)14(17)18/h4-7,15,17-18H,2-3,8H2,1H3. The van der Waals surface area contributed by atoms with Crippen molar-refractivity contribution in [1.82, 2.24) is 4.98 Å². The maximum atomic E-state index is 12.1. The van der Waals surface area contributed by atoms with Crippen molar-refractivity contribution < 1.29 is 19.6 Å². The van der Waals surface area contributed by atoms with Gasteiger partial charge in [0, 0.05) is 10.9 Å². The van der Waals surface area contributed by atoms with E-state index in [2.05, 4.69) is 4.98 Å². The van der Waals surface area contributed by atoms with E-state index < -0.39 is 13.1 Å². The molecule has 100 valence electrons. The Morgan fingerprint density at radius 3 is 2.79 bits per heavy atom. The minimum Gasteiger partial charge on any atom is -0.462 e. The molecule has 0 atom stereocenters. The highest BCUT2D eigenvalue weighted by molar-refractivity contribution is 6.60. The van der Waals surface area contributed by atoms with E-state index in [4.69, 9.17) is 4.74 Å². The summed E-state index contributed by atoms with van der Waals surface area (Å²) in [5.74, 6) is -0.533. The molecule has 0 fully saturated rings. The van der Waals surface area contributed by atoms with E-state index in [1.54, 1.807) is 24.3 Å². The van der Waals surface area contributed by atoms with Crippen molar-refractivity contribution in [3.8, 4) is 0 Å². The van der Waals surface area contributed by atoms with E-state index in [1.807, 2.05) is 6.92 Å². The Kier molecular flexibility index (Phi) is 4.24. The molecule has 0 bridgehead atoms. The van der Waals surface area contributed by atoms with Crippen LogP contribution in [0.3, 0.4) is 0 Å². The zero-order valence-electron chi connectivity index (χ0n) is 10.7. The number of ether oxygens (including phenoxy) is 1. The molecule has 1 aromatic carbocycles. The van der Waals surface area contributed by atoms with E-state index in [9.17, 15) is 14.8 Å². The summed E-state index contributed by atoms with van der Waals surface area (Å²) in [4.78, 5) is 14.9. The molecule has 0 aliphatic heterocycles. The Morgan fingerprint density at radius 2 is 2.11 bits per heavy atom. The number of para-hydroxylation sites is 1. The number of aromatic amines is 1. The summed E-state index contributed by atoms with van der Waals surface area (Å²) < 4.78 is 5.14. The Morgan fingerprint density at radius 1 is 1.37 bits per heavy atom. The van der Waals surface area contributed by atoms with Crippen molar-refractivity contribution in [3.63, 3.8) is 0 Å². The molecule has 0 unspecified atom stereocenters. The minimum absolute atomic E-state index is 0.0719. The summed E-state index contributed by atoms with van der Waals surface area (Å²) in [6.07, 6.45) is 1.71. The lowest BCUT2D eigenvalue weighted by Gasteiger charge is -2.05. The molecule has 6 heteroatoms. The predicted octanol–water partition coefficient (Wildman–Crippen LogP) is 0.805. The zero-order valence-corrected chi connectivity index (χ0v) is 10.7. The van der Waals surface area contributed by atoms with Gasteiger partial charge in [-0.25, -0.2) is 4.79 Å². The third-order valence-electron chi connectivity index (χ3n) is 2.93. The number of unbranched alkanes of at least 4 members (excludes halogenated alkanes) is 1. The molecule has 0 aliphatic rings. The normalized spacial score (nSPS) is 10.7. The summed E-state index contributed by atoms with van der Waals surface area (Å²) in [6, 6.07) is 7.10. The van der Waals surface area contributed by atoms with Gasteiger partial charge in [0.1, 0.15) is 0 Å². The van der Waals surface area contributed by atoms with Gasteiger partial charge in [-0.05, 0) is 12.5 Å². The monoisotopic (exact) mass is 261 g/mol. The van der Waals surface area contributed by atoms with Crippen LogP contribution < -0.4 is 5.59 Å². The molecule has 2 rings (SSSR count). The molecule has 0 saturated carbocycles. The van der Waals surface area contributed by atoms with Crippen molar-refractivity contribution in [2.45, 2.75) is 19.8 Å². The lowest BCUT2D eigenvalue weighted by atomic mass is 9.83.